The van der Waals surface area contributed by atoms with E-state index in [2.05, 4.69) is 10.6 Å². The Labute approximate surface area is 131 Å². The van der Waals surface area contributed by atoms with Gasteiger partial charge in [0.25, 0.3) is 5.91 Å². The number of esters is 1. The number of piperazine rings is 1. The molecule has 23 heavy (non-hydrogen) atoms. The van der Waals surface area contributed by atoms with Gasteiger partial charge < -0.3 is 10.1 Å². The minimum Gasteiger partial charge on any atom is -0.426 e. The van der Waals surface area contributed by atoms with Crippen molar-refractivity contribution in [3.63, 3.8) is 0 Å². The maximum Gasteiger partial charge on any atom is 0.419 e. The van der Waals surface area contributed by atoms with Crippen molar-refractivity contribution in [3.8, 4) is 5.75 Å². The molecular weight excluding hydrogens is 313 g/mol. The Kier molecular flexibility index (Phi) is 4.39. The van der Waals surface area contributed by atoms with Crippen LogP contribution in [0, 0.1) is 13.8 Å². The second-order valence-electron chi connectivity index (χ2n) is 5.46. The maximum atomic E-state index is 13.7. The van der Waals surface area contributed by atoms with Gasteiger partial charge in [-0.2, -0.15) is 13.2 Å². The monoisotopic (exact) mass is 330 g/mol. The van der Waals surface area contributed by atoms with E-state index >= 15 is 0 Å². The number of halogens is 3. The summed E-state index contributed by atoms with van der Waals surface area (Å²) in [6, 6.07) is 2.44. The summed E-state index contributed by atoms with van der Waals surface area (Å²) < 4.78 is 46.1. The summed E-state index contributed by atoms with van der Waals surface area (Å²) in [6.45, 7) is 4.38. The number of carbonyl (C=O) groups is 2. The van der Waals surface area contributed by atoms with Crippen LogP contribution in [0.2, 0.25) is 0 Å². The quantitative estimate of drug-likeness (QED) is 0.640. The molecule has 0 bridgehead atoms. The molecule has 1 heterocycles. The van der Waals surface area contributed by atoms with Crippen LogP contribution in [0.4, 0.5) is 13.2 Å². The topological polar surface area (TPSA) is 67.4 Å². The van der Waals surface area contributed by atoms with E-state index in [1.54, 1.807) is 0 Å². The van der Waals surface area contributed by atoms with Crippen LogP contribution in [0.5, 0.6) is 5.75 Å². The highest BCUT2D eigenvalue weighted by Gasteiger charge is 2.62. The summed E-state index contributed by atoms with van der Waals surface area (Å²) in [6.07, 6.45) is -4.82. The zero-order valence-corrected chi connectivity index (χ0v) is 12.9. The van der Waals surface area contributed by atoms with Crippen LogP contribution in [0.25, 0.3) is 0 Å². The summed E-state index contributed by atoms with van der Waals surface area (Å²) in [5.74, 6) is -1.51. The van der Waals surface area contributed by atoms with E-state index in [9.17, 15) is 22.8 Å². The second-order valence-corrected chi connectivity index (χ2v) is 5.46. The van der Waals surface area contributed by atoms with Crippen LogP contribution in [0.3, 0.4) is 0 Å². The first-order valence-electron chi connectivity index (χ1n) is 7.00. The molecule has 5 nitrogen and oxygen atoms in total. The molecule has 126 valence electrons. The standard InChI is InChI=1S/C15H17F3N2O3/c1-8-6-11(7-9(2)12(8)23-10(3)21)14(15(16,17)18)13(22)19-4-5-20-14/h6-7,20H,4-5H2,1-3H3,(H,19,22)/t14-/m0/s1. The van der Waals surface area contributed by atoms with E-state index in [-0.39, 0.29) is 24.4 Å². The molecule has 0 unspecified atom stereocenters. The number of aryl methyl sites for hydroxylation is 2. The molecule has 1 aliphatic rings. The van der Waals surface area contributed by atoms with Crippen molar-refractivity contribution in [2.45, 2.75) is 32.5 Å². The molecule has 1 aromatic carbocycles. The molecule has 1 aromatic rings. The first-order chi connectivity index (χ1) is 10.6. The third-order valence-corrected chi connectivity index (χ3v) is 3.71. The van der Waals surface area contributed by atoms with Gasteiger partial charge in [-0.3, -0.25) is 14.9 Å². The average molecular weight is 330 g/mol. The van der Waals surface area contributed by atoms with E-state index in [1.807, 2.05) is 0 Å². The van der Waals surface area contributed by atoms with Crippen LogP contribution in [-0.4, -0.2) is 31.1 Å². The highest BCUT2D eigenvalue weighted by molar-refractivity contribution is 5.89. The molecule has 1 aliphatic heterocycles. The van der Waals surface area contributed by atoms with Gasteiger partial charge in [0.15, 0.2) is 0 Å². The van der Waals surface area contributed by atoms with Gasteiger partial charge in [-0.1, -0.05) is 0 Å². The highest BCUT2D eigenvalue weighted by Crippen LogP contribution is 2.42. The van der Waals surface area contributed by atoms with Crippen molar-refractivity contribution >= 4 is 11.9 Å². The normalized spacial score (nSPS) is 21.7. The van der Waals surface area contributed by atoms with Crippen LogP contribution < -0.4 is 15.4 Å². The van der Waals surface area contributed by atoms with Gasteiger partial charge in [-0.05, 0) is 42.7 Å². The van der Waals surface area contributed by atoms with Crippen molar-refractivity contribution in [1.82, 2.24) is 10.6 Å². The summed E-state index contributed by atoms with van der Waals surface area (Å²) in [5.41, 5.74) is -2.35. The number of alkyl halides is 3. The molecule has 0 aliphatic carbocycles. The van der Waals surface area contributed by atoms with E-state index in [0.29, 0.717) is 11.1 Å². The largest absolute Gasteiger partial charge is 0.426 e. The van der Waals surface area contributed by atoms with Gasteiger partial charge in [-0.25, -0.2) is 0 Å². The zero-order valence-electron chi connectivity index (χ0n) is 12.9. The number of amides is 1. The van der Waals surface area contributed by atoms with Crippen molar-refractivity contribution in [3.05, 3.63) is 28.8 Å². The lowest BCUT2D eigenvalue weighted by molar-refractivity contribution is -0.206. The Morgan fingerprint density at radius 1 is 1.22 bits per heavy atom. The maximum absolute atomic E-state index is 13.7. The van der Waals surface area contributed by atoms with Crippen molar-refractivity contribution in [1.29, 1.82) is 0 Å². The molecule has 0 spiro atoms. The Hall–Kier alpha value is -2.09. The fourth-order valence-electron chi connectivity index (χ4n) is 2.74. The summed E-state index contributed by atoms with van der Waals surface area (Å²) in [7, 11) is 0. The first kappa shape index (κ1) is 17.3. The predicted octanol–water partition coefficient (Wildman–Crippen LogP) is 1.71. The third-order valence-electron chi connectivity index (χ3n) is 3.71. The zero-order chi connectivity index (χ0) is 17.4. The fraction of sp³-hybridized carbons (Fsp3) is 0.467. The van der Waals surface area contributed by atoms with Crippen LogP contribution in [0.1, 0.15) is 23.6 Å². The Morgan fingerprint density at radius 2 is 1.78 bits per heavy atom. The molecule has 0 saturated carbocycles. The first-order valence-corrected chi connectivity index (χ1v) is 7.00. The minimum atomic E-state index is -4.82. The number of carbonyl (C=O) groups excluding carboxylic acids is 2. The molecule has 2 rings (SSSR count). The number of benzene rings is 1. The summed E-state index contributed by atoms with van der Waals surface area (Å²) >= 11 is 0. The molecule has 1 fully saturated rings. The Bertz CT molecular complexity index is 635. The lowest BCUT2D eigenvalue weighted by Gasteiger charge is -2.39. The van der Waals surface area contributed by atoms with Crippen molar-refractivity contribution < 1.29 is 27.5 Å². The van der Waals surface area contributed by atoms with Gasteiger partial charge in [0.1, 0.15) is 5.75 Å². The summed E-state index contributed by atoms with van der Waals surface area (Å²) in [4.78, 5) is 23.2. The SMILES string of the molecule is CC(=O)Oc1c(C)cc([C@]2(C(F)(F)F)NCCNC2=O)cc1C. The third kappa shape index (κ3) is 2.90. The predicted molar refractivity (Wildman–Crippen MR) is 76.0 cm³/mol. The number of hydrogen-bond acceptors (Lipinski definition) is 4. The van der Waals surface area contributed by atoms with Crippen molar-refractivity contribution in [2.24, 2.45) is 0 Å². The van der Waals surface area contributed by atoms with Crippen molar-refractivity contribution in [2.75, 3.05) is 13.1 Å². The molecule has 1 amide bonds. The Morgan fingerprint density at radius 3 is 2.22 bits per heavy atom. The number of ether oxygens (including phenoxy) is 1. The molecule has 2 N–H and O–H groups in total. The minimum absolute atomic E-state index is 0.00492. The van der Waals surface area contributed by atoms with E-state index in [4.69, 9.17) is 4.74 Å². The molecule has 1 atom stereocenters. The van der Waals surface area contributed by atoms with Gasteiger partial charge in [0, 0.05) is 20.0 Å². The smallest absolute Gasteiger partial charge is 0.419 e. The molecule has 0 radical (unpaired) electrons. The average Bonchev–Trinajstić information content (AvgIpc) is 2.41. The lowest BCUT2D eigenvalue weighted by Crippen LogP contribution is -2.67. The van der Waals surface area contributed by atoms with Crippen LogP contribution >= 0.6 is 0 Å². The molecule has 1 saturated heterocycles. The van der Waals surface area contributed by atoms with Gasteiger partial charge in [-0.15, -0.1) is 0 Å². The molecule has 8 heteroatoms. The van der Waals surface area contributed by atoms with E-state index in [1.165, 1.54) is 32.9 Å². The lowest BCUT2D eigenvalue weighted by atomic mass is 9.84. The molecule has 0 aromatic heterocycles. The van der Waals surface area contributed by atoms with Gasteiger partial charge in [0.05, 0.1) is 0 Å². The van der Waals surface area contributed by atoms with Crippen LogP contribution in [-0.2, 0) is 15.1 Å². The number of nitrogens with one attached hydrogen (secondary N) is 2. The number of rotatable bonds is 2. The van der Waals surface area contributed by atoms with E-state index in [0.717, 1.165) is 0 Å². The highest BCUT2D eigenvalue weighted by atomic mass is 19.4. The van der Waals surface area contributed by atoms with E-state index < -0.39 is 23.6 Å². The molecular formula is C15H17F3N2O3. The van der Waals surface area contributed by atoms with Gasteiger partial charge in [0.2, 0.25) is 5.54 Å². The van der Waals surface area contributed by atoms with Crippen LogP contribution in [0.15, 0.2) is 12.1 Å². The van der Waals surface area contributed by atoms with Gasteiger partial charge >= 0.3 is 12.1 Å². The second kappa shape index (κ2) is 5.84. The Balaban J connectivity index is 2.62. The number of hydrogen-bond donors (Lipinski definition) is 2. The fourth-order valence-corrected chi connectivity index (χ4v) is 2.74. The summed E-state index contributed by atoms with van der Waals surface area (Å²) in [5, 5.41) is 4.57.